The Labute approximate surface area is 159 Å². The van der Waals surface area contributed by atoms with Crippen LogP contribution in [0, 0.1) is 0 Å². The minimum absolute atomic E-state index is 0.135. The lowest BCUT2D eigenvalue weighted by molar-refractivity contribution is 0.0383. The molecule has 1 heterocycles. The van der Waals surface area contributed by atoms with Crippen molar-refractivity contribution < 1.29 is 23.8 Å². The number of methoxy groups -OCH3 is 1. The first-order valence-corrected chi connectivity index (χ1v) is 9.00. The van der Waals surface area contributed by atoms with Gasteiger partial charge in [0, 0.05) is 26.2 Å². The number of nitrogens with one attached hydrogen (secondary N) is 1. The molecule has 0 spiro atoms. The quantitative estimate of drug-likeness (QED) is 0.777. The van der Waals surface area contributed by atoms with Gasteiger partial charge in [-0.2, -0.15) is 0 Å². The predicted molar refractivity (Wildman–Crippen MR) is 101 cm³/mol. The van der Waals surface area contributed by atoms with Crippen molar-refractivity contribution in [1.82, 2.24) is 10.2 Å². The standard InChI is InChI=1S/C19H29N3O5/c1-19(2,3)13-11-14(16(25-4)15(12-13)27-18(20)24)17(23)21-5-6-22-7-9-26-10-8-22/h11-12H,5-10H2,1-4H3,(H2,20,24)(H,21,23). The normalized spacial score (nSPS) is 15.3. The molecule has 0 atom stereocenters. The molecule has 1 aromatic rings. The van der Waals surface area contributed by atoms with Crippen LogP contribution in [0.2, 0.25) is 0 Å². The molecule has 2 rings (SSSR count). The lowest BCUT2D eigenvalue weighted by atomic mass is 9.85. The fraction of sp³-hybridized carbons (Fsp3) is 0.579. The lowest BCUT2D eigenvalue weighted by Gasteiger charge is -2.26. The molecule has 0 radical (unpaired) electrons. The maximum Gasteiger partial charge on any atom is 0.410 e. The summed E-state index contributed by atoms with van der Waals surface area (Å²) in [7, 11) is 1.42. The number of hydrogen-bond donors (Lipinski definition) is 2. The molecule has 0 bridgehead atoms. The van der Waals surface area contributed by atoms with Crippen LogP contribution in [0.25, 0.3) is 0 Å². The number of rotatable bonds is 6. The highest BCUT2D eigenvalue weighted by Crippen LogP contribution is 2.37. The minimum Gasteiger partial charge on any atom is -0.492 e. The van der Waals surface area contributed by atoms with E-state index in [-0.39, 0.29) is 22.8 Å². The molecule has 1 saturated heterocycles. The summed E-state index contributed by atoms with van der Waals surface area (Å²) < 4.78 is 15.7. The van der Waals surface area contributed by atoms with Crippen LogP contribution in [0.4, 0.5) is 4.79 Å². The molecule has 0 unspecified atom stereocenters. The molecule has 8 heteroatoms. The molecular weight excluding hydrogens is 350 g/mol. The first-order chi connectivity index (χ1) is 12.7. The van der Waals surface area contributed by atoms with Crippen molar-refractivity contribution in [2.75, 3.05) is 46.5 Å². The highest BCUT2D eigenvalue weighted by Gasteiger charge is 2.24. The number of nitrogens with two attached hydrogens (primary N) is 1. The van der Waals surface area contributed by atoms with E-state index in [1.54, 1.807) is 12.1 Å². The van der Waals surface area contributed by atoms with Crippen LogP contribution in [0.15, 0.2) is 12.1 Å². The average Bonchev–Trinajstić information content (AvgIpc) is 2.60. The first-order valence-electron chi connectivity index (χ1n) is 9.00. The summed E-state index contributed by atoms with van der Waals surface area (Å²) in [6.07, 6.45) is -0.960. The molecule has 1 fully saturated rings. The number of amides is 2. The Balaban J connectivity index is 2.21. The van der Waals surface area contributed by atoms with Crippen LogP contribution in [-0.2, 0) is 10.2 Å². The number of carbonyl (C=O) groups is 2. The van der Waals surface area contributed by atoms with Crippen LogP contribution >= 0.6 is 0 Å². The number of primary amides is 1. The van der Waals surface area contributed by atoms with E-state index < -0.39 is 6.09 Å². The number of morpholine rings is 1. The largest absolute Gasteiger partial charge is 0.492 e. The van der Waals surface area contributed by atoms with Gasteiger partial charge in [0.1, 0.15) is 0 Å². The van der Waals surface area contributed by atoms with Gasteiger partial charge in [-0.3, -0.25) is 9.69 Å². The number of hydrogen-bond acceptors (Lipinski definition) is 6. The molecule has 0 aromatic heterocycles. The Hall–Kier alpha value is -2.32. The number of ether oxygens (including phenoxy) is 3. The fourth-order valence-electron chi connectivity index (χ4n) is 2.85. The summed E-state index contributed by atoms with van der Waals surface area (Å²) in [5.74, 6) is 0.0296. The smallest absolute Gasteiger partial charge is 0.410 e. The second-order valence-corrected chi connectivity index (χ2v) is 7.44. The number of benzene rings is 1. The van der Waals surface area contributed by atoms with E-state index >= 15 is 0 Å². The third-order valence-corrected chi connectivity index (χ3v) is 4.40. The summed E-state index contributed by atoms with van der Waals surface area (Å²) >= 11 is 0. The van der Waals surface area contributed by atoms with Gasteiger partial charge < -0.3 is 25.3 Å². The van der Waals surface area contributed by atoms with Crippen LogP contribution < -0.4 is 20.5 Å². The van der Waals surface area contributed by atoms with Crippen LogP contribution in [-0.4, -0.2) is 63.4 Å². The van der Waals surface area contributed by atoms with Crippen molar-refractivity contribution in [3.63, 3.8) is 0 Å². The molecule has 3 N–H and O–H groups in total. The van der Waals surface area contributed by atoms with Gasteiger partial charge in [-0.05, 0) is 23.1 Å². The third kappa shape index (κ3) is 5.83. The van der Waals surface area contributed by atoms with Gasteiger partial charge in [-0.1, -0.05) is 20.8 Å². The first kappa shape index (κ1) is 21.0. The van der Waals surface area contributed by atoms with Crippen LogP contribution in [0.5, 0.6) is 11.5 Å². The van der Waals surface area contributed by atoms with Crippen LogP contribution in [0.1, 0.15) is 36.7 Å². The summed E-state index contributed by atoms with van der Waals surface area (Å²) in [6.45, 7) is 10.4. The summed E-state index contributed by atoms with van der Waals surface area (Å²) in [4.78, 5) is 26.3. The number of nitrogens with zero attached hydrogens (tertiary/aromatic N) is 1. The van der Waals surface area contributed by atoms with Crippen molar-refractivity contribution in [3.05, 3.63) is 23.3 Å². The zero-order valence-electron chi connectivity index (χ0n) is 16.5. The maximum atomic E-state index is 12.8. The van der Waals surface area contributed by atoms with E-state index in [4.69, 9.17) is 19.9 Å². The molecular formula is C19H29N3O5. The number of carbonyl (C=O) groups excluding carboxylic acids is 2. The molecule has 150 valence electrons. The molecule has 2 amide bonds. The molecule has 27 heavy (non-hydrogen) atoms. The predicted octanol–water partition coefficient (Wildman–Crippen LogP) is 1.51. The zero-order valence-corrected chi connectivity index (χ0v) is 16.5. The fourth-order valence-corrected chi connectivity index (χ4v) is 2.85. The Morgan fingerprint density at radius 1 is 1.26 bits per heavy atom. The van der Waals surface area contributed by atoms with Crippen molar-refractivity contribution in [2.45, 2.75) is 26.2 Å². The second-order valence-electron chi connectivity index (χ2n) is 7.44. The molecule has 1 aromatic carbocycles. The van der Waals surface area contributed by atoms with E-state index in [1.807, 2.05) is 20.8 Å². The van der Waals surface area contributed by atoms with Gasteiger partial charge in [0.05, 0.1) is 25.9 Å². The summed E-state index contributed by atoms with van der Waals surface area (Å²) in [6, 6.07) is 3.44. The van der Waals surface area contributed by atoms with Crippen molar-refractivity contribution in [2.24, 2.45) is 5.73 Å². The minimum atomic E-state index is -0.960. The molecule has 0 aliphatic carbocycles. The van der Waals surface area contributed by atoms with Crippen molar-refractivity contribution >= 4 is 12.0 Å². The van der Waals surface area contributed by atoms with E-state index in [0.717, 1.165) is 25.2 Å². The van der Waals surface area contributed by atoms with Gasteiger partial charge in [-0.25, -0.2) is 4.79 Å². The highest BCUT2D eigenvalue weighted by atomic mass is 16.6. The maximum absolute atomic E-state index is 12.8. The SMILES string of the molecule is COc1c(OC(N)=O)cc(C(C)(C)C)cc1C(=O)NCCN1CCOCC1. The third-order valence-electron chi connectivity index (χ3n) is 4.40. The molecule has 0 saturated carbocycles. The van der Waals surface area contributed by atoms with Gasteiger partial charge in [0.2, 0.25) is 0 Å². The summed E-state index contributed by atoms with van der Waals surface area (Å²) in [5, 5.41) is 2.91. The van der Waals surface area contributed by atoms with Crippen molar-refractivity contribution in [1.29, 1.82) is 0 Å². The summed E-state index contributed by atoms with van der Waals surface area (Å²) in [5.41, 5.74) is 6.04. The molecule has 1 aliphatic rings. The van der Waals surface area contributed by atoms with E-state index in [9.17, 15) is 9.59 Å². The monoisotopic (exact) mass is 379 g/mol. The van der Waals surface area contributed by atoms with Gasteiger partial charge in [0.15, 0.2) is 11.5 Å². The topological polar surface area (TPSA) is 103 Å². The van der Waals surface area contributed by atoms with Crippen molar-refractivity contribution in [3.8, 4) is 11.5 Å². The highest BCUT2D eigenvalue weighted by molar-refractivity contribution is 5.98. The Kier molecular flexibility index (Phi) is 7.04. The zero-order chi connectivity index (χ0) is 20.0. The van der Waals surface area contributed by atoms with Crippen LogP contribution in [0.3, 0.4) is 0 Å². The van der Waals surface area contributed by atoms with Gasteiger partial charge >= 0.3 is 6.09 Å². The van der Waals surface area contributed by atoms with E-state index in [2.05, 4.69) is 10.2 Å². The lowest BCUT2D eigenvalue weighted by Crippen LogP contribution is -2.41. The molecule has 1 aliphatic heterocycles. The van der Waals surface area contributed by atoms with E-state index in [0.29, 0.717) is 25.3 Å². The Morgan fingerprint density at radius 2 is 1.93 bits per heavy atom. The van der Waals surface area contributed by atoms with Gasteiger partial charge in [-0.15, -0.1) is 0 Å². The second kappa shape index (κ2) is 9.05. The van der Waals surface area contributed by atoms with E-state index in [1.165, 1.54) is 7.11 Å². The average molecular weight is 379 g/mol. The Morgan fingerprint density at radius 3 is 2.48 bits per heavy atom. The van der Waals surface area contributed by atoms with Gasteiger partial charge in [0.25, 0.3) is 5.91 Å². The Bertz CT molecular complexity index is 679. The molecule has 8 nitrogen and oxygen atoms in total.